The highest BCUT2D eigenvalue weighted by Crippen LogP contribution is 2.13. The van der Waals surface area contributed by atoms with Crippen molar-refractivity contribution in [1.29, 1.82) is 0 Å². The molecule has 2 aliphatic heterocycles. The van der Waals surface area contributed by atoms with Crippen molar-refractivity contribution in [2.75, 3.05) is 13.2 Å². The molecule has 2 heterocycles. The van der Waals surface area contributed by atoms with Crippen molar-refractivity contribution in [1.82, 2.24) is 0 Å². The normalized spacial score (nSPS) is 30.4. The third-order valence-corrected chi connectivity index (χ3v) is 2.80. The summed E-state index contributed by atoms with van der Waals surface area (Å²) in [6.07, 6.45) is 1.19. The summed E-state index contributed by atoms with van der Waals surface area (Å²) in [5.41, 5.74) is 0. The molecule has 0 aliphatic carbocycles. The topological polar surface area (TPSA) is 52.6 Å². The lowest BCUT2D eigenvalue weighted by atomic mass is 10.4. The molecule has 2 atom stereocenters. The number of alkyl halides is 2. The molecule has 0 bridgehead atoms. The smallest absolute Gasteiger partial charge is 0.319 e. The molecule has 0 spiro atoms. The second-order valence-electron chi connectivity index (χ2n) is 2.91. The lowest BCUT2D eigenvalue weighted by Crippen LogP contribution is -2.03. The lowest BCUT2D eigenvalue weighted by Gasteiger charge is -1.86. The average molecular weight is 286 g/mol. The number of halogens is 2. The van der Waals surface area contributed by atoms with Crippen LogP contribution in [-0.4, -0.2) is 35.4 Å². The van der Waals surface area contributed by atoms with E-state index in [0.717, 1.165) is 6.42 Å². The van der Waals surface area contributed by atoms with Crippen LogP contribution in [0.5, 0.6) is 0 Å². The lowest BCUT2D eigenvalue weighted by molar-refractivity contribution is -0.138. The van der Waals surface area contributed by atoms with Gasteiger partial charge in [0.2, 0.25) is 0 Å². The quantitative estimate of drug-likeness (QED) is 0.496. The van der Waals surface area contributed by atoms with Gasteiger partial charge in [0.1, 0.15) is 11.4 Å². The van der Waals surface area contributed by atoms with Crippen molar-refractivity contribution < 1.29 is 19.1 Å². The van der Waals surface area contributed by atoms with Crippen LogP contribution in [-0.2, 0) is 19.1 Å². The first kappa shape index (κ1) is 11.8. The molecule has 0 radical (unpaired) electrons. The van der Waals surface area contributed by atoms with E-state index < -0.39 is 0 Å². The first-order chi connectivity index (χ1) is 6.59. The van der Waals surface area contributed by atoms with Crippen LogP contribution in [0.4, 0.5) is 0 Å². The van der Waals surface area contributed by atoms with E-state index in [2.05, 4.69) is 25.4 Å². The van der Waals surface area contributed by atoms with Crippen LogP contribution in [0.25, 0.3) is 0 Å². The Kier molecular flexibility index (Phi) is 4.68. The van der Waals surface area contributed by atoms with Crippen LogP contribution in [0.15, 0.2) is 0 Å². The summed E-state index contributed by atoms with van der Waals surface area (Å²) in [7, 11) is 0. The van der Waals surface area contributed by atoms with E-state index in [-0.39, 0.29) is 22.1 Å². The van der Waals surface area contributed by atoms with Gasteiger partial charge in [-0.15, -0.1) is 11.6 Å². The highest BCUT2D eigenvalue weighted by atomic mass is 79.9. The van der Waals surface area contributed by atoms with Crippen LogP contribution >= 0.6 is 27.5 Å². The molecule has 14 heavy (non-hydrogen) atoms. The number of rotatable bonds is 0. The minimum Gasteiger partial charge on any atom is -0.465 e. The number of carbonyl (C=O) groups is 2. The zero-order chi connectivity index (χ0) is 10.6. The molecule has 6 heteroatoms. The van der Waals surface area contributed by atoms with Crippen LogP contribution in [0.1, 0.15) is 12.8 Å². The Morgan fingerprint density at radius 2 is 2.07 bits per heavy atom. The van der Waals surface area contributed by atoms with Crippen LogP contribution in [0, 0.1) is 0 Å². The van der Waals surface area contributed by atoms with Gasteiger partial charge in [0.15, 0.2) is 0 Å². The van der Waals surface area contributed by atoms with Gasteiger partial charge < -0.3 is 9.47 Å². The van der Waals surface area contributed by atoms with E-state index in [4.69, 9.17) is 11.6 Å². The van der Waals surface area contributed by atoms with Crippen LogP contribution in [0.2, 0.25) is 0 Å². The SMILES string of the molecule is O=C1CC(Cl)CO1.O=C1OCCC1Br. The maximum Gasteiger partial charge on any atom is 0.319 e. The van der Waals surface area contributed by atoms with Crippen molar-refractivity contribution in [2.45, 2.75) is 23.0 Å². The van der Waals surface area contributed by atoms with E-state index in [0.29, 0.717) is 19.6 Å². The number of cyclic esters (lactones) is 2. The zero-order valence-electron chi connectivity index (χ0n) is 7.37. The van der Waals surface area contributed by atoms with Gasteiger partial charge in [0.25, 0.3) is 0 Å². The number of hydrogen-bond acceptors (Lipinski definition) is 4. The molecule has 2 aliphatic rings. The fourth-order valence-corrected chi connectivity index (χ4v) is 1.46. The Morgan fingerprint density at radius 1 is 1.36 bits per heavy atom. The minimum atomic E-state index is -0.181. The van der Waals surface area contributed by atoms with Gasteiger partial charge in [0, 0.05) is 6.42 Å². The molecule has 2 fully saturated rings. The van der Waals surface area contributed by atoms with Crippen molar-refractivity contribution in [3.8, 4) is 0 Å². The minimum absolute atomic E-state index is 0.0347. The van der Waals surface area contributed by atoms with Gasteiger partial charge in [-0.05, 0) is 0 Å². The zero-order valence-corrected chi connectivity index (χ0v) is 9.71. The van der Waals surface area contributed by atoms with Crippen molar-refractivity contribution in [3.63, 3.8) is 0 Å². The Balaban J connectivity index is 0.000000140. The molecule has 2 saturated heterocycles. The molecule has 80 valence electrons. The van der Waals surface area contributed by atoms with E-state index in [1.165, 1.54) is 0 Å². The molecule has 0 saturated carbocycles. The van der Waals surface area contributed by atoms with Crippen molar-refractivity contribution >= 4 is 39.5 Å². The molecule has 0 N–H and O–H groups in total. The molecule has 0 aromatic carbocycles. The Morgan fingerprint density at radius 3 is 2.21 bits per heavy atom. The number of esters is 2. The molecular formula is C8H10BrClO4. The molecule has 0 amide bonds. The highest BCUT2D eigenvalue weighted by Gasteiger charge is 2.22. The first-order valence-electron chi connectivity index (χ1n) is 4.20. The molecule has 2 rings (SSSR count). The average Bonchev–Trinajstić information content (AvgIpc) is 2.65. The Bertz CT molecular complexity index is 233. The van der Waals surface area contributed by atoms with Gasteiger partial charge in [-0.1, -0.05) is 15.9 Å². The van der Waals surface area contributed by atoms with Crippen molar-refractivity contribution in [2.24, 2.45) is 0 Å². The summed E-state index contributed by atoms with van der Waals surface area (Å²) < 4.78 is 9.07. The molecular weight excluding hydrogens is 275 g/mol. The predicted octanol–water partition coefficient (Wildman–Crippen LogP) is 1.24. The maximum absolute atomic E-state index is 10.3. The van der Waals surface area contributed by atoms with Gasteiger partial charge in [0.05, 0.1) is 18.4 Å². The standard InChI is InChI=1S/C4H5BrO2.C4H5ClO2/c5-3-1-2-7-4(3)6;5-3-1-4(6)7-2-3/h2*3H,1-2H2. The molecule has 4 nitrogen and oxygen atoms in total. The summed E-state index contributed by atoms with van der Waals surface area (Å²) in [6.45, 7) is 0.967. The summed E-state index contributed by atoms with van der Waals surface area (Å²) in [4.78, 5) is 20.4. The molecule has 2 unspecified atom stereocenters. The third kappa shape index (κ3) is 3.84. The van der Waals surface area contributed by atoms with Gasteiger partial charge >= 0.3 is 11.9 Å². The first-order valence-corrected chi connectivity index (χ1v) is 5.55. The predicted molar refractivity (Wildman–Crippen MR) is 53.5 cm³/mol. The fraction of sp³-hybridized carbons (Fsp3) is 0.750. The summed E-state index contributed by atoms with van der Waals surface area (Å²) in [6, 6.07) is 0. The van der Waals surface area contributed by atoms with Crippen molar-refractivity contribution in [3.05, 3.63) is 0 Å². The monoisotopic (exact) mass is 284 g/mol. The molecule has 0 aromatic heterocycles. The summed E-state index contributed by atoms with van der Waals surface area (Å²) in [5.74, 6) is -0.306. The fourth-order valence-electron chi connectivity index (χ4n) is 0.953. The van der Waals surface area contributed by atoms with E-state index in [9.17, 15) is 9.59 Å². The largest absolute Gasteiger partial charge is 0.465 e. The highest BCUT2D eigenvalue weighted by molar-refractivity contribution is 9.10. The van der Waals surface area contributed by atoms with Gasteiger partial charge in [-0.3, -0.25) is 9.59 Å². The van der Waals surface area contributed by atoms with Gasteiger partial charge in [-0.2, -0.15) is 0 Å². The third-order valence-electron chi connectivity index (χ3n) is 1.68. The summed E-state index contributed by atoms with van der Waals surface area (Å²) >= 11 is 8.59. The Labute approximate surface area is 95.0 Å². The van der Waals surface area contributed by atoms with Crippen LogP contribution < -0.4 is 0 Å². The van der Waals surface area contributed by atoms with E-state index in [1.807, 2.05) is 0 Å². The van der Waals surface area contributed by atoms with E-state index >= 15 is 0 Å². The second-order valence-corrected chi connectivity index (χ2v) is 4.63. The van der Waals surface area contributed by atoms with Gasteiger partial charge in [-0.25, -0.2) is 0 Å². The van der Waals surface area contributed by atoms with Crippen LogP contribution in [0.3, 0.4) is 0 Å². The second kappa shape index (κ2) is 5.56. The number of hydrogen-bond donors (Lipinski definition) is 0. The molecule has 0 aromatic rings. The number of ether oxygens (including phenoxy) is 2. The van der Waals surface area contributed by atoms with E-state index in [1.54, 1.807) is 0 Å². The number of carbonyl (C=O) groups excluding carboxylic acids is 2. The maximum atomic E-state index is 10.3. The Hall–Kier alpha value is -0.290. The summed E-state index contributed by atoms with van der Waals surface area (Å²) in [5, 5.41) is -0.0764.